The van der Waals surface area contributed by atoms with Crippen LogP contribution < -0.4 is 0 Å². The number of benzene rings is 1. The van der Waals surface area contributed by atoms with Crippen molar-refractivity contribution in [2.24, 2.45) is 5.41 Å². The van der Waals surface area contributed by atoms with Crippen molar-refractivity contribution in [3.63, 3.8) is 0 Å². The maximum absolute atomic E-state index is 12.5. The molecule has 1 saturated carbocycles. The first-order valence-electron chi connectivity index (χ1n) is 8.01. The molecule has 1 aromatic carbocycles. The number of hydrogen-bond acceptors (Lipinski definition) is 3. The second-order valence-corrected chi connectivity index (χ2v) is 6.77. The first-order chi connectivity index (χ1) is 10.5. The molecule has 1 atom stereocenters. The van der Waals surface area contributed by atoms with Crippen molar-refractivity contribution in [3.05, 3.63) is 35.4 Å². The molecule has 4 nitrogen and oxygen atoms in total. The van der Waals surface area contributed by atoms with E-state index in [4.69, 9.17) is 4.74 Å². The number of carbonyl (C=O) groups is 2. The molecule has 1 heterocycles. The third kappa shape index (κ3) is 2.87. The lowest BCUT2D eigenvalue weighted by Gasteiger charge is -2.34. The summed E-state index contributed by atoms with van der Waals surface area (Å²) in [5, 5.41) is 0. The lowest BCUT2D eigenvalue weighted by Crippen LogP contribution is -2.42. The highest BCUT2D eigenvalue weighted by molar-refractivity contribution is 5.89. The van der Waals surface area contributed by atoms with Crippen LogP contribution in [0.1, 0.15) is 54.4 Å². The number of hydrogen-bond donors (Lipinski definition) is 0. The Hall–Kier alpha value is -1.84. The van der Waals surface area contributed by atoms with Crippen molar-refractivity contribution in [1.29, 1.82) is 0 Å². The topological polar surface area (TPSA) is 46.6 Å². The summed E-state index contributed by atoms with van der Waals surface area (Å²) in [5.41, 5.74) is 1.61. The maximum Gasteiger partial charge on any atom is 0.337 e. The van der Waals surface area contributed by atoms with Crippen LogP contribution in [0.15, 0.2) is 24.3 Å². The Morgan fingerprint density at radius 3 is 2.77 bits per heavy atom. The van der Waals surface area contributed by atoms with Crippen LogP contribution in [0.3, 0.4) is 0 Å². The van der Waals surface area contributed by atoms with Crippen LogP contribution in [0.2, 0.25) is 0 Å². The summed E-state index contributed by atoms with van der Waals surface area (Å²) >= 11 is 0. The molecule has 4 heteroatoms. The molecular formula is C18H23NO3. The lowest BCUT2D eigenvalue weighted by molar-refractivity contribution is -0.137. The molecule has 0 N–H and O–H groups in total. The van der Waals surface area contributed by atoms with Crippen LogP contribution in [0.4, 0.5) is 0 Å². The summed E-state index contributed by atoms with van der Waals surface area (Å²) < 4.78 is 4.79. The monoisotopic (exact) mass is 301 g/mol. The van der Waals surface area contributed by atoms with Crippen molar-refractivity contribution in [2.45, 2.75) is 38.5 Å². The van der Waals surface area contributed by atoms with Crippen LogP contribution >= 0.6 is 0 Å². The molecule has 0 spiro atoms. The molecule has 118 valence electrons. The number of piperidine rings is 1. The van der Waals surface area contributed by atoms with Crippen LogP contribution in [-0.2, 0) is 9.53 Å². The molecule has 3 rings (SSSR count). The Morgan fingerprint density at radius 2 is 2.09 bits per heavy atom. The van der Waals surface area contributed by atoms with Gasteiger partial charge in [-0.1, -0.05) is 19.1 Å². The van der Waals surface area contributed by atoms with E-state index in [1.54, 1.807) is 6.07 Å². The van der Waals surface area contributed by atoms with E-state index in [0.29, 0.717) is 17.4 Å². The predicted octanol–water partition coefficient (Wildman–Crippen LogP) is 2.98. The normalized spacial score (nSPS) is 23.0. The van der Waals surface area contributed by atoms with E-state index in [0.717, 1.165) is 44.3 Å². The summed E-state index contributed by atoms with van der Waals surface area (Å²) in [6.45, 7) is 3.69. The van der Waals surface area contributed by atoms with Crippen molar-refractivity contribution in [3.8, 4) is 0 Å². The number of carbonyl (C=O) groups excluding carboxylic acids is 2. The van der Waals surface area contributed by atoms with Gasteiger partial charge in [0.05, 0.1) is 12.7 Å². The third-order valence-electron chi connectivity index (χ3n) is 5.00. The zero-order valence-electron chi connectivity index (χ0n) is 13.3. The summed E-state index contributed by atoms with van der Waals surface area (Å²) in [5.74, 6) is 0.307. The van der Waals surface area contributed by atoms with Gasteiger partial charge in [-0.15, -0.1) is 0 Å². The lowest BCUT2D eigenvalue weighted by atomic mass is 9.89. The Kier molecular flexibility index (Phi) is 3.94. The summed E-state index contributed by atoms with van der Waals surface area (Å²) in [6.07, 6.45) is 4.12. The Bertz CT molecular complexity index is 592. The van der Waals surface area contributed by atoms with Gasteiger partial charge in [-0.2, -0.15) is 0 Å². The van der Waals surface area contributed by atoms with Gasteiger partial charge in [0.2, 0.25) is 5.91 Å². The summed E-state index contributed by atoms with van der Waals surface area (Å²) in [4.78, 5) is 26.2. The standard InChI is InChI=1S/C18H23NO3/c1-18(8-9-18)17(21)19-10-4-7-15(12-19)13-5-3-6-14(11-13)16(20)22-2/h3,5-6,11,15H,4,7-10,12H2,1-2H3/t15-/m1/s1. The van der Waals surface area contributed by atoms with E-state index in [2.05, 4.69) is 6.92 Å². The Labute approximate surface area is 131 Å². The van der Waals surface area contributed by atoms with Gasteiger partial charge in [0, 0.05) is 24.4 Å². The molecule has 1 amide bonds. The number of likely N-dealkylation sites (tertiary alicyclic amines) is 1. The molecule has 1 aromatic rings. The smallest absolute Gasteiger partial charge is 0.337 e. The Morgan fingerprint density at radius 1 is 1.32 bits per heavy atom. The van der Waals surface area contributed by atoms with Gasteiger partial charge < -0.3 is 9.64 Å². The third-order valence-corrected chi connectivity index (χ3v) is 5.00. The molecule has 2 aliphatic rings. The molecule has 0 radical (unpaired) electrons. The largest absolute Gasteiger partial charge is 0.465 e. The fourth-order valence-corrected chi connectivity index (χ4v) is 3.25. The number of rotatable bonds is 3. The zero-order chi connectivity index (χ0) is 15.7. The van der Waals surface area contributed by atoms with E-state index in [9.17, 15) is 9.59 Å². The van der Waals surface area contributed by atoms with Crippen LogP contribution in [0.25, 0.3) is 0 Å². The fourth-order valence-electron chi connectivity index (χ4n) is 3.25. The van der Waals surface area contributed by atoms with E-state index in [1.165, 1.54) is 7.11 Å². The van der Waals surface area contributed by atoms with E-state index in [1.807, 2.05) is 23.1 Å². The molecule has 22 heavy (non-hydrogen) atoms. The zero-order valence-corrected chi connectivity index (χ0v) is 13.3. The molecular weight excluding hydrogens is 278 g/mol. The minimum absolute atomic E-state index is 0.101. The molecule has 0 unspecified atom stereocenters. The van der Waals surface area contributed by atoms with E-state index >= 15 is 0 Å². The van der Waals surface area contributed by atoms with Crippen molar-refractivity contribution in [1.82, 2.24) is 4.90 Å². The maximum atomic E-state index is 12.5. The van der Waals surface area contributed by atoms with Gasteiger partial charge in [-0.3, -0.25) is 4.79 Å². The summed E-state index contributed by atoms with van der Waals surface area (Å²) in [6, 6.07) is 7.62. The van der Waals surface area contributed by atoms with Crippen LogP contribution in [-0.4, -0.2) is 37.0 Å². The SMILES string of the molecule is COC(=O)c1cccc([C@@H]2CCCN(C(=O)C3(C)CC3)C2)c1. The minimum Gasteiger partial charge on any atom is -0.465 e. The van der Waals surface area contributed by atoms with Gasteiger partial charge in [0.25, 0.3) is 0 Å². The van der Waals surface area contributed by atoms with Crippen LogP contribution in [0.5, 0.6) is 0 Å². The van der Waals surface area contributed by atoms with Gasteiger partial charge >= 0.3 is 5.97 Å². The molecule has 0 aromatic heterocycles. The molecule has 2 fully saturated rings. The van der Waals surface area contributed by atoms with Gasteiger partial charge in [-0.05, 0) is 43.4 Å². The predicted molar refractivity (Wildman–Crippen MR) is 83.7 cm³/mol. The average Bonchev–Trinajstić information content (AvgIpc) is 3.32. The molecule has 1 aliphatic carbocycles. The van der Waals surface area contributed by atoms with Crippen molar-refractivity contribution in [2.75, 3.05) is 20.2 Å². The number of nitrogens with zero attached hydrogens (tertiary/aromatic N) is 1. The number of ether oxygens (including phenoxy) is 1. The van der Waals surface area contributed by atoms with Gasteiger partial charge in [-0.25, -0.2) is 4.79 Å². The van der Waals surface area contributed by atoms with E-state index in [-0.39, 0.29) is 11.4 Å². The highest BCUT2D eigenvalue weighted by atomic mass is 16.5. The number of esters is 1. The quantitative estimate of drug-likeness (QED) is 0.806. The number of methoxy groups -OCH3 is 1. The second kappa shape index (κ2) is 5.75. The van der Waals surface area contributed by atoms with E-state index < -0.39 is 0 Å². The van der Waals surface area contributed by atoms with Gasteiger partial charge in [0.1, 0.15) is 0 Å². The first-order valence-corrected chi connectivity index (χ1v) is 8.01. The minimum atomic E-state index is -0.309. The highest BCUT2D eigenvalue weighted by Crippen LogP contribution is 2.47. The second-order valence-electron chi connectivity index (χ2n) is 6.77. The molecule has 0 bridgehead atoms. The molecule has 1 saturated heterocycles. The molecule has 1 aliphatic heterocycles. The average molecular weight is 301 g/mol. The first kappa shape index (κ1) is 15.1. The highest BCUT2D eigenvalue weighted by Gasteiger charge is 2.47. The van der Waals surface area contributed by atoms with Gasteiger partial charge in [0.15, 0.2) is 0 Å². The van der Waals surface area contributed by atoms with Crippen molar-refractivity contribution < 1.29 is 14.3 Å². The number of amides is 1. The summed E-state index contributed by atoms with van der Waals surface area (Å²) in [7, 11) is 1.40. The fraction of sp³-hybridized carbons (Fsp3) is 0.556. The Balaban J connectivity index is 1.74. The van der Waals surface area contributed by atoms with Crippen LogP contribution in [0, 0.1) is 5.41 Å². The van der Waals surface area contributed by atoms with Crippen molar-refractivity contribution >= 4 is 11.9 Å².